The van der Waals surface area contributed by atoms with Gasteiger partial charge in [0.25, 0.3) is 0 Å². The number of carbonyl (C=O) groups is 1. The Labute approximate surface area is 128 Å². The summed E-state index contributed by atoms with van der Waals surface area (Å²) in [5.74, 6) is 0. The molecule has 21 heavy (non-hydrogen) atoms. The summed E-state index contributed by atoms with van der Waals surface area (Å²) in [5, 5.41) is 12.2. The highest BCUT2D eigenvalue weighted by atomic mass is 16.3. The van der Waals surface area contributed by atoms with Crippen LogP contribution in [0.4, 0.5) is 4.79 Å². The van der Waals surface area contributed by atoms with Crippen LogP contribution in [0.1, 0.15) is 44.9 Å². The van der Waals surface area contributed by atoms with Gasteiger partial charge in [0, 0.05) is 13.1 Å². The van der Waals surface area contributed by atoms with Crippen molar-refractivity contribution in [1.29, 1.82) is 0 Å². The Balaban J connectivity index is 2.97. The van der Waals surface area contributed by atoms with Gasteiger partial charge in [-0.05, 0) is 24.8 Å². The van der Waals surface area contributed by atoms with Crippen molar-refractivity contribution < 1.29 is 9.90 Å². The maximum Gasteiger partial charge on any atom is 0.317 e. The molecule has 0 aliphatic heterocycles. The first-order valence-corrected chi connectivity index (χ1v) is 7.52. The number of urea groups is 1. The summed E-state index contributed by atoms with van der Waals surface area (Å²) in [6.07, 6.45) is 0. The lowest BCUT2D eigenvalue weighted by Gasteiger charge is -2.34. The normalized spacial score (nSPS) is 12.9. The van der Waals surface area contributed by atoms with Crippen molar-refractivity contribution in [2.24, 2.45) is 5.41 Å². The van der Waals surface area contributed by atoms with Gasteiger partial charge in [-0.15, -0.1) is 0 Å². The van der Waals surface area contributed by atoms with Gasteiger partial charge in [0.05, 0.1) is 12.6 Å². The van der Waals surface area contributed by atoms with E-state index in [1.807, 2.05) is 19.1 Å². The van der Waals surface area contributed by atoms with Crippen molar-refractivity contribution in [3.63, 3.8) is 0 Å². The van der Waals surface area contributed by atoms with E-state index in [9.17, 15) is 4.79 Å². The Morgan fingerprint density at radius 2 is 2.05 bits per heavy atom. The largest absolute Gasteiger partial charge is 0.395 e. The van der Waals surface area contributed by atoms with Crippen LogP contribution < -0.4 is 5.32 Å². The monoisotopic (exact) mass is 292 g/mol. The number of carbonyl (C=O) groups excluding carboxylic acids is 1. The lowest BCUT2D eigenvalue weighted by Crippen LogP contribution is -2.45. The molecule has 1 rings (SSSR count). The van der Waals surface area contributed by atoms with Crippen LogP contribution >= 0.6 is 0 Å². The molecule has 1 unspecified atom stereocenters. The van der Waals surface area contributed by atoms with E-state index in [0.717, 1.165) is 5.56 Å². The Hall–Kier alpha value is -1.55. The summed E-state index contributed by atoms with van der Waals surface area (Å²) < 4.78 is 0. The number of hydrogen-bond acceptors (Lipinski definition) is 2. The molecule has 0 saturated heterocycles. The van der Waals surface area contributed by atoms with Gasteiger partial charge >= 0.3 is 6.03 Å². The lowest BCUT2D eigenvalue weighted by molar-refractivity contribution is 0.166. The maximum atomic E-state index is 12.4. The second-order valence-electron chi connectivity index (χ2n) is 6.47. The topological polar surface area (TPSA) is 52.6 Å². The Kier molecular flexibility index (Phi) is 6.21. The van der Waals surface area contributed by atoms with Gasteiger partial charge in [0.15, 0.2) is 0 Å². The molecule has 0 heterocycles. The third kappa shape index (κ3) is 5.05. The molecule has 0 aliphatic rings. The van der Waals surface area contributed by atoms with Crippen LogP contribution in [0.5, 0.6) is 0 Å². The Morgan fingerprint density at radius 3 is 2.52 bits per heavy atom. The minimum Gasteiger partial charge on any atom is -0.395 e. The van der Waals surface area contributed by atoms with E-state index in [-0.39, 0.29) is 24.1 Å². The fourth-order valence-electron chi connectivity index (χ4n) is 2.39. The van der Waals surface area contributed by atoms with Gasteiger partial charge in [-0.2, -0.15) is 0 Å². The predicted octanol–water partition coefficient (Wildman–Crippen LogP) is 3.11. The SMILES string of the molecule is CCN(CCO)C(=O)NC(c1cccc(C)c1)C(C)(C)C. The summed E-state index contributed by atoms with van der Waals surface area (Å²) in [6.45, 7) is 11.2. The van der Waals surface area contributed by atoms with E-state index >= 15 is 0 Å². The number of nitrogens with one attached hydrogen (secondary N) is 1. The van der Waals surface area contributed by atoms with Crippen molar-refractivity contribution in [3.8, 4) is 0 Å². The zero-order valence-corrected chi connectivity index (χ0v) is 13.8. The average Bonchev–Trinajstić information content (AvgIpc) is 2.40. The van der Waals surface area contributed by atoms with Crippen LogP contribution in [0.2, 0.25) is 0 Å². The molecule has 4 nitrogen and oxygen atoms in total. The molecule has 1 aromatic rings. The molecule has 0 saturated carbocycles. The van der Waals surface area contributed by atoms with Gasteiger partial charge in [-0.25, -0.2) is 4.79 Å². The Morgan fingerprint density at radius 1 is 1.38 bits per heavy atom. The van der Waals surface area contributed by atoms with Crippen LogP contribution in [0.3, 0.4) is 0 Å². The molecule has 0 fully saturated rings. The molecule has 4 heteroatoms. The number of rotatable bonds is 5. The minimum absolute atomic E-state index is 0.0219. The molecule has 0 spiro atoms. The molecule has 1 aromatic carbocycles. The molecule has 2 N–H and O–H groups in total. The van der Waals surface area contributed by atoms with Crippen molar-refractivity contribution in [2.75, 3.05) is 19.7 Å². The van der Waals surface area contributed by atoms with Crippen molar-refractivity contribution in [2.45, 2.75) is 40.7 Å². The van der Waals surface area contributed by atoms with E-state index in [0.29, 0.717) is 13.1 Å². The van der Waals surface area contributed by atoms with Crippen LogP contribution in [0.15, 0.2) is 24.3 Å². The fourth-order valence-corrected chi connectivity index (χ4v) is 2.39. The van der Waals surface area contributed by atoms with E-state index in [2.05, 4.69) is 45.1 Å². The minimum atomic E-state index is -0.131. The third-order valence-corrected chi connectivity index (χ3v) is 3.55. The van der Waals surface area contributed by atoms with Crippen molar-refractivity contribution >= 4 is 6.03 Å². The smallest absolute Gasteiger partial charge is 0.317 e. The van der Waals surface area contributed by atoms with Crippen LogP contribution in [-0.2, 0) is 0 Å². The van der Waals surface area contributed by atoms with Gasteiger partial charge in [-0.3, -0.25) is 0 Å². The lowest BCUT2D eigenvalue weighted by atomic mass is 9.82. The Bertz CT molecular complexity index is 466. The molecular weight excluding hydrogens is 264 g/mol. The number of amides is 2. The second-order valence-corrected chi connectivity index (χ2v) is 6.47. The second kappa shape index (κ2) is 7.46. The summed E-state index contributed by atoms with van der Waals surface area (Å²) in [5.41, 5.74) is 2.19. The molecule has 1 atom stereocenters. The van der Waals surface area contributed by atoms with Gasteiger partial charge in [0.2, 0.25) is 0 Å². The zero-order chi connectivity index (χ0) is 16.0. The third-order valence-electron chi connectivity index (χ3n) is 3.55. The molecule has 0 aromatic heterocycles. The predicted molar refractivity (Wildman–Crippen MR) is 86.2 cm³/mol. The first kappa shape index (κ1) is 17.5. The summed E-state index contributed by atoms with van der Waals surface area (Å²) in [6, 6.07) is 8.02. The highest BCUT2D eigenvalue weighted by Gasteiger charge is 2.29. The van der Waals surface area contributed by atoms with Crippen LogP contribution in [0, 0.1) is 12.3 Å². The number of hydrogen-bond donors (Lipinski definition) is 2. The van der Waals surface area contributed by atoms with Crippen LogP contribution in [-0.4, -0.2) is 35.7 Å². The summed E-state index contributed by atoms with van der Waals surface area (Å²) in [7, 11) is 0. The highest BCUT2D eigenvalue weighted by molar-refractivity contribution is 5.74. The summed E-state index contributed by atoms with van der Waals surface area (Å²) >= 11 is 0. The number of aryl methyl sites for hydroxylation is 1. The first-order chi connectivity index (χ1) is 9.79. The standard InChI is InChI=1S/C17H28N2O2/c1-6-19(10-11-20)16(21)18-15(17(3,4)5)14-9-7-8-13(2)12-14/h7-9,12,15,20H,6,10-11H2,1-5H3,(H,18,21). The van der Waals surface area contributed by atoms with E-state index in [1.165, 1.54) is 5.56 Å². The first-order valence-electron chi connectivity index (χ1n) is 7.52. The number of aliphatic hydroxyl groups excluding tert-OH is 1. The maximum absolute atomic E-state index is 12.4. The molecular formula is C17H28N2O2. The molecule has 0 radical (unpaired) electrons. The van der Waals surface area contributed by atoms with E-state index in [4.69, 9.17) is 5.11 Å². The number of benzene rings is 1. The van der Waals surface area contributed by atoms with Gasteiger partial charge in [-0.1, -0.05) is 50.6 Å². The van der Waals surface area contributed by atoms with Gasteiger partial charge in [0.1, 0.15) is 0 Å². The van der Waals surface area contributed by atoms with Gasteiger partial charge < -0.3 is 15.3 Å². The molecule has 118 valence electrons. The van der Waals surface area contributed by atoms with Crippen molar-refractivity contribution in [1.82, 2.24) is 10.2 Å². The highest BCUT2D eigenvalue weighted by Crippen LogP contribution is 2.33. The molecule has 0 bridgehead atoms. The molecule has 2 amide bonds. The van der Waals surface area contributed by atoms with E-state index < -0.39 is 0 Å². The number of likely N-dealkylation sites (N-methyl/N-ethyl adjacent to an activating group) is 1. The fraction of sp³-hybridized carbons (Fsp3) is 0.588. The van der Waals surface area contributed by atoms with Crippen LogP contribution in [0.25, 0.3) is 0 Å². The quantitative estimate of drug-likeness (QED) is 0.876. The van der Waals surface area contributed by atoms with E-state index in [1.54, 1.807) is 4.90 Å². The molecule has 0 aliphatic carbocycles. The average molecular weight is 292 g/mol. The number of aliphatic hydroxyl groups is 1. The zero-order valence-electron chi connectivity index (χ0n) is 13.8. The van der Waals surface area contributed by atoms with Crippen molar-refractivity contribution in [3.05, 3.63) is 35.4 Å². The summed E-state index contributed by atoms with van der Waals surface area (Å²) in [4.78, 5) is 14.0. The number of nitrogens with zero attached hydrogens (tertiary/aromatic N) is 1.